The van der Waals surface area contributed by atoms with E-state index in [-0.39, 0.29) is 9.90 Å². The first kappa shape index (κ1) is 14.6. The van der Waals surface area contributed by atoms with Crippen molar-refractivity contribution in [1.82, 2.24) is 9.71 Å². The van der Waals surface area contributed by atoms with Gasteiger partial charge in [0.1, 0.15) is 0 Å². The second-order valence-electron chi connectivity index (χ2n) is 3.23. The van der Waals surface area contributed by atoms with E-state index >= 15 is 0 Å². The summed E-state index contributed by atoms with van der Waals surface area (Å²) in [6.07, 6.45) is 5.63. The maximum Gasteiger partial charge on any atom is 0.358 e. The molecule has 1 atom stereocenters. The van der Waals surface area contributed by atoms with Crippen molar-refractivity contribution in [3.05, 3.63) is 11.2 Å². The number of ether oxygens (including phenoxy) is 1. The molecule has 1 rings (SSSR count). The summed E-state index contributed by atoms with van der Waals surface area (Å²) in [6.45, 7) is 1.75. The highest BCUT2D eigenvalue weighted by molar-refractivity contribution is 7.91. The minimum absolute atomic E-state index is 0.192. The van der Waals surface area contributed by atoms with Crippen molar-refractivity contribution in [3.63, 3.8) is 0 Å². The van der Waals surface area contributed by atoms with Crippen molar-refractivity contribution in [2.45, 2.75) is 23.6 Å². The van der Waals surface area contributed by atoms with Crippen molar-refractivity contribution in [2.75, 3.05) is 7.11 Å². The lowest BCUT2D eigenvalue weighted by molar-refractivity contribution is 0.0590. The fourth-order valence-electron chi connectivity index (χ4n) is 1.13. The molecule has 0 saturated carbocycles. The lowest BCUT2D eigenvalue weighted by Crippen LogP contribution is -2.33. The summed E-state index contributed by atoms with van der Waals surface area (Å²) in [4.78, 5) is 15.0. The van der Waals surface area contributed by atoms with Crippen molar-refractivity contribution in [2.24, 2.45) is 0 Å². The van der Waals surface area contributed by atoms with E-state index in [1.807, 2.05) is 0 Å². The molecule has 8 heteroatoms. The Morgan fingerprint density at radius 2 is 2.39 bits per heavy atom. The second kappa shape index (κ2) is 5.95. The number of hydrogen-bond acceptors (Lipinski definition) is 6. The largest absolute Gasteiger partial charge is 0.464 e. The number of terminal acetylenes is 1. The van der Waals surface area contributed by atoms with E-state index in [1.54, 1.807) is 6.92 Å². The molecule has 0 amide bonds. The third kappa shape index (κ3) is 3.07. The smallest absolute Gasteiger partial charge is 0.358 e. The molecule has 0 radical (unpaired) electrons. The van der Waals surface area contributed by atoms with Gasteiger partial charge in [-0.15, -0.1) is 17.8 Å². The van der Waals surface area contributed by atoms with Crippen LogP contribution in [-0.2, 0) is 14.8 Å². The Labute approximate surface area is 109 Å². The summed E-state index contributed by atoms with van der Waals surface area (Å²) in [5, 5.41) is 0. The summed E-state index contributed by atoms with van der Waals surface area (Å²) in [7, 11) is -2.71. The average molecular weight is 288 g/mol. The molecule has 0 aromatic carbocycles. The highest BCUT2D eigenvalue weighted by Crippen LogP contribution is 2.21. The maximum absolute atomic E-state index is 12.0. The van der Waals surface area contributed by atoms with Crippen molar-refractivity contribution >= 4 is 27.3 Å². The average Bonchev–Trinajstić information content (AvgIpc) is 2.85. The molecule has 18 heavy (non-hydrogen) atoms. The van der Waals surface area contributed by atoms with Crippen molar-refractivity contribution in [1.29, 1.82) is 0 Å². The second-order valence-corrected chi connectivity index (χ2v) is 5.99. The summed E-state index contributed by atoms with van der Waals surface area (Å²) in [5.41, 5.74) is 1.03. The number of carbonyl (C=O) groups excluding carboxylic acids is 1. The van der Waals surface area contributed by atoms with Gasteiger partial charge < -0.3 is 4.74 Å². The van der Waals surface area contributed by atoms with Gasteiger partial charge in [-0.1, -0.05) is 12.8 Å². The number of thiazole rings is 1. The van der Waals surface area contributed by atoms with Crippen LogP contribution in [0.1, 0.15) is 23.8 Å². The van der Waals surface area contributed by atoms with E-state index < -0.39 is 22.0 Å². The van der Waals surface area contributed by atoms with Gasteiger partial charge in [0.25, 0.3) is 10.0 Å². The summed E-state index contributed by atoms with van der Waals surface area (Å²) in [6, 6.07) is -0.623. The number of nitrogens with one attached hydrogen (secondary N) is 1. The van der Waals surface area contributed by atoms with Gasteiger partial charge in [0.15, 0.2) is 9.90 Å². The van der Waals surface area contributed by atoms with Crippen LogP contribution >= 0.6 is 11.3 Å². The monoisotopic (exact) mass is 288 g/mol. The van der Waals surface area contributed by atoms with Crippen molar-refractivity contribution in [3.8, 4) is 12.3 Å². The van der Waals surface area contributed by atoms with Crippen LogP contribution in [-0.4, -0.2) is 32.5 Å². The zero-order valence-electron chi connectivity index (χ0n) is 9.84. The van der Waals surface area contributed by atoms with Gasteiger partial charge in [-0.05, 0) is 6.42 Å². The lowest BCUT2D eigenvalue weighted by Gasteiger charge is -2.10. The molecule has 0 spiro atoms. The fraction of sp³-hybridized carbons (Fsp3) is 0.400. The topological polar surface area (TPSA) is 85.4 Å². The van der Waals surface area contributed by atoms with Crippen LogP contribution in [0.2, 0.25) is 0 Å². The van der Waals surface area contributed by atoms with Crippen LogP contribution in [0.15, 0.2) is 9.72 Å². The van der Waals surface area contributed by atoms with Crippen LogP contribution < -0.4 is 4.72 Å². The van der Waals surface area contributed by atoms with Crippen LogP contribution in [0, 0.1) is 12.3 Å². The number of sulfonamides is 1. The molecule has 1 N–H and O–H groups in total. The molecule has 98 valence electrons. The Kier molecular flexibility index (Phi) is 4.84. The quantitative estimate of drug-likeness (QED) is 0.634. The third-order valence-electron chi connectivity index (χ3n) is 2.06. The molecule has 1 unspecified atom stereocenters. The molecule has 0 fully saturated rings. The number of aromatic nitrogens is 1. The maximum atomic E-state index is 12.0. The Balaban J connectivity index is 3.11. The number of esters is 1. The van der Waals surface area contributed by atoms with Crippen LogP contribution in [0.4, 0.5) is 0 Å². The van der Waals surface area contributed by atoms with E-state index in [4.69, 9.17) is 6.42 Å². The summed E-state index contributed by atoms with van der Waals surface area (Å²) >= 11 is 0.832. The zero-order valence-corrected chi connectivity index (χ0v) is 11.5. The summed E-state index contributed by atoms with van der Waals surface area (Å²) in [5.74, 6) is 1.51. The van der Waals surface area contributed by atoms with E-state index in [2.05, 4.69) is 20.4 Å². The normalized spacial score (nSPS) is 12.7. The number of methoxy groups -OCH3 is 1. The van der Waals surface area contributed by atoms with Crippen LogP contribution in [0.5, 0.6) is 0 Å². The Morgan fingerprint density at radius 3 is 2.89 bits per heavy atom. The zero-order chi connectivity index (χ0) is 13.8. The molecule has 1 heterocycles. The minimum Gasteiger partial charge on any atom is -0.464 e. The number of hydrogen-bond donors (Lipinski definition) is 1. The predicted octanol–water partition coefficient (Wildman–Crippen LogP) is 0.620. The molecule has 0 aliphatic heterocycles. The standard InChI is InChI=1S/C10H12N2O4S2/c1-4-7(5-2)12-18(14,15)10-8(9(13)16-3)11-6-17-10/h1,6-7,12H,5H2,2-3H3. The molecular formula is C10H12N2O4S2. The summed E-state index contributed by atoms with van der Waals surface area (Å²) < 4.78 is 30.6. The van der Waals surface area contributed by atoms with Crippen LogP contribution in [0.25, 0.3) is 0 Å². The Bertz CT molecular complexity index is 571. The van der Waals surface area contributed by atoms with Gasteiger partial charge in [0.2, 0.25) is 0 Å². The van der Waals surface area contributed by atoms with Gasteiger partial charge >= 0.3 is 5.97 Å². The van der Waals surface area contributed by atoms with E-state index in [0.29, 0.717) is 6.42 Å². The first-order chi connectivity index (χ1) is 8.46. The lowest BCUT2D eigenvalue weighted by atomic mass is 10.3. The highest BCUT2D eigenvalue weighted by atomic mass is 32.2. The molecule has 0 saturated heterocycles. The number of nitrogens with zero attached hydrogens (tertiary/aromatic N) is 1. The predicted molar refractivity (Wildman–Crippen MR) is 66.7 cm³/mol. The van der Waals surface area contributed by atoms with Gasteiger partial charge in [-0.25, -0.2) is 18.2 Å². The van der Waals surface area contributed by atoms with E-state index in [1.165, 1.54) is 5.51 Å². The first-order valence-electron chi connectivity index (χ1n) is 4.96. The van der Waals surface area contributed by atoms with E-state index in [9.17, 15) is 13.2 Å². The van der Waals surface area contributed by atoms with Crippen molar-refractivity contribution < 1.29 is 17.9 Å². The molecule has 0 bridgehead atoms. The minimum atomic E-state index is -3.86. The van der Waals surface area contributed by atoms with E-state index in [0.717, 1.165) is 18.4 Å². The molecule has 1 aromatic rings. The van der Waals surface area contributed by atoms with Gasteiger partial charge in [0, 0.05) is 0 Å². The molecule has 6 nitrogen and oxygen atoms in total. The van der Waals surface area contributed by atoms with Gasteiger partial charge in [-0.2, -0.15) is 4.72 Å². The fourth-order valence-corrected chi connectivity index (χ4v) is 3.52. The number of carbonyl (C=O) groups is 1. The SMILES string of the molecule is C#CC(CC)NS(=O)(=O)c1scnc1C(=O)OC. The Morgan fingerprint density at radius 1 is 1.72 bits per heavy atom. The van der Waals surface area contributed by atoms with Gasteiger partial charge in [-0.3, -0.25) is 0 Å². The molecule has 0 aliphatic rings. The third-order valence-corrected chi connectivity index (χ3v) is 4.91. The number of rotatable bonds is 5. The highest BCUT2D eigenvalue weighted by Gasteiger charge is 2.27. The van der Waals surface area contributed by atoms with Crippen LogP contribution in [0.3, 0.4) is 0 Å². The molecule has 1 aromatic heterocycles. The molecular weight excluding hydrogens is 276 g/mol. The van der Waals surface area contributed by atoms with Gasteiger partial charge in [0.05, 0.1) is 18.7 Å². The Hall–Kier alpha value is -1.43. The molecule has 0 aliphatic carbocycles. The first-order valence-corrected chi connectivity index (χ1v) is 7.32.